The van der Waals surface area contributed by atoms with Gasteiger partial charge in [0, 0.05) is 32.7 Å². The first-order valence-electron chi connectivity index (χ1n) is 7.04. The van der Waals surface area contributed by atoms with E-state index in [2.05, 4.69) is 4.98 Å². The SMILES string of the molecule is CCc1nc(OCC(O)CN2CCN(C(=O)O)CC2)cs1. The molecule has 1 saturated heterocycles. The minimum Gasteiger partial charge on any atom is -0.474 e. The number of thiazole rings is 1. The summed E-state index contributed by atoms with van der Waals surface area (Å²) in [5.74, 6) is 0.562. The number of aryl methyl sites for hydroxylation is 1. The number of rotatable bonds is 6. The average Bonchev–Trinajstić information content (AvgIpc) is 2.94. The van der Waals surface area contributed by atoms with Gasteiger partial charge in [-0.05, 0) is 6.42 Å². The van der Waals surface area contributed by atoms with Gasteiger partial charge in [-0.15, -0.1) is 11.3 Å². The van der Waals surface area contributed by atoms with Crippen molar-refractivity contribution in [2.24, 2.45) is 0 Å². The molecule has 0 spiro atoms. The highest BCUT2D eigenvalue weighted by Gasteiger charge is 2.22. The zero-order chi connectivity index (χ0) is 15.2. The zero-order valence-corrected chi connectivity index (χ0v) is 12.9. The first kappa shape index (κ1) is 16.0. The smallest absolute Gasteiger partial charge is 0.407 e. The van der Waals surface area contributed by atoms with Gasteiger partial charge in [0.2, 0.25) is 5.88 Å². The average molecular weight is 315 g/mol. The Balaban J connectivity index is 1.68. The van der Waals surface area contributed by atoms with E-state index in [0.29, 0.717) is 38.6 Å². The summed E-state index contributed by atoms with van der Waals surface area (Å²) in [5, 5.41) is 21.7. The van der Waals surface area contributed by atoms with E-state index in [0.717, 1.165) is 11.4 Å². The maximum Gasteiger partial charge on any atom is 0.407 e. The molecule has 0 aliphatic carbocycles. The van der Waals surface area contributed by atoms with Gasteiger partial charge in [0.15, 0.2) is 0 Å². The topological polar surface area (TPSA) is 86.1 Å². The Morgan fingerprint density at radius 3 is 2.76 bits per heavy atom. The maximum absolute atomic E-state index is 10.8. The number of carboxylic acid groups (broad SMARTS) is 1. The van der Waals surface area contributed by atoms with E-state index in [1.165, 1.54) is 4.90 Å². The van der Waals surface area contributed by atoms with Crippen LogP contribution in [0.25, 0.3) is 0 Å². The lowest BCUT2D eigenvalue weighted by atomic mass is 10.3. The number of hydrogen-bond donors (Lipinski definition) is 2. The van der Waals surface area contributed by atoms with Crippen LogP contribution < -0.4 is 4.74 Å². The van der Waals surface area contributed by atoms with Gasteiger partial charge >= 0.3 is 6.09 Å². The normalized spacial score (nSPS) is 17.7. The quantitative estimate of drug-likeness (QED) is 0.805. The number of aliphatic hydroxyl groups excluding tert-OH is 1. The molecular formula is C13H21N3O4S. The highest BCUT2D eigenvalue weighted by molar-refractivity contribution is 7.09. The van der Waals surface area contributed by atoms with Crippen molar-refractivity contribution >= 4 is 17.4 Å². The summed E-state index contributed by atoms with van der Waals surface area (Å²) in [5.41, 5.74) is 0. The van der Waals surface area contributed by atoms with Gasteiger partial charge in [-0.25, -0.2) is 9.78 Å². The number of piperazine rings is 1. The second-order valence-corrected chi connectivity index (χ2v) is 5.91. The summed E-state index contributed by atoms with van der Waals surface area (Å²) in [7, 11) is 0. The molecule has 1 aliphatic rings. The van der Waals surface area contributed by atoms with Gasteiger partial charge in [-0.3, -0.25) is 4.90 Å². The first-order valence-corrected chi connectivity index (χ1v) is 7.92. The Morgan fingerprint density at radius 2 is 2.19 bits per heavy atom. The number of aliphatic hydroxyl groups is 1. The summed E-state index contributed by atoms with van der Waals surface area (Å²) in [4.78, 5) is 18.5. The number of aromatic nitrogens is 1. The highest BCUT2D eigenvalue weighted by Crippen LogP contribution is 2.16. The van der Waals surface area contributed by atoms with Crippen LogP contribution in [0.1, 0.15) is 11.9 Å². The molecule has 2 N–H and O–H groups in total. The van der Waals surface area contributed by atoms with Crippen molar-refractivity contribution in [3.05, 3.63) is 10.4 Å². The molecule has 1 aromatic heterocycles. The fourth-order valence-electron chi connectivity index (χ4n) is 2.18. The summed E-state index contributed by atoms with van der Waals surface area (Å²) in [6.45, 7) is 4.96. The summed E-state index contributed by atoms with van der Waals surface area (Å²) in [6.07, 6.45) is -0.605. The summed E-state index contributed by atoms with van der Waals surface area (Å²) in [6, 6.07) is 0. The van der Waals surface area contributed by atoms with E-state index in [1.54, 1.807) is 11.3 Å². The number of carbonyl (C=O) groups is 1. The molecule has 0 bridgehead atoms. The second-order valence-electron chi connectivity index (χ2n) is 4.97. The van der Waals surface area contributed by atoms with E-state index in [-0.39, 0.29) is 6.61 Å². The number of hydrogen-bond acceptors (Lipinski definition) is 6. The lowest BCUT2D eigenvalue weighted by Crippen LogP contribution is -2.50. The second kappa shape index (κ2) is 7.58. The molecule has 0 saturated carbocycles. The standard InChI is InChI=1S/C13H21N3O4S/c1-2-12-14-11(9-21-12)20-8-10(17)7-15-3-5-16(6-4-15)13(18)19/h9-10,17H,2-8H2,1H3,(H,18,19). The maximum atomic E-state index is 10.8. The third-order valence-corrected chi connectivity index (χ3v) is 4.34. The predicted octanol–water partition coefficient (Wildman–Crippen LogP) is 0.741. The number of β-amino-alcohol motifs (C(OH)–C–C–N with tert-alkyl or cyclic N) is 1. The molecule has 8 heteroatoms. The van der Waals surface area contributed by atoms with Gasteiger partial charge in [-0.2, -0.15) is 0 Å². The van der Waals surface area contributed by atoms with Crippen molar-refractivity contribution in [3.8, 4) is 5.88 Å². The van der Waals surface area contributed by atoms with Crippen molar-refractivity contribution in [1.82, 2.24) is 14.8 Å². The van der Waals surface area contributed by atoms with Crippen LogP contribution in [-0.4, -0.2) is 76.5 Å². The molecule has 1 aromatic rings. The van der Waals surface area contributed by atoms with Crippen LogP contribution >= 0.6 is 11.3 Å². The third-order valence-electron chi connectivity index (χ3n) is 3.37. The predicted molar refractivity (Wildman–Crippen MR) is 79.0 cm³/mol. The number of amides is 1. The van der Waals surface area contributed by atoms with E-state index < -0.39 is 12.2 Å². The Morgan fingerprint density at radius 1 is 1.48 bits per heavy atom. The third kappa shape index (κ3) is 4.83. The van der Waals surface area contributed by atoms with Crippen molar-refractivity contribution in [3.63, 3.8) is 0 Å². The number of nitrogens with zero attached hydrogens (tertiary/aromatic N) is 3. The molecule has 1 amide bonds. The summed E-state index contributed by atoms with van der Waals surface area (Å²) < 4.78 is 5.47. The fourth-order valence-corrected chi connectivity index (χ4v) is 2.84. The largest absolute Gasteiger partial charge is 0.474 e. The van der Waals surface area contributed by atoms with Crippen molar-refractivity contribution in [2.75, 3.05) is 39.3 Å². The van der Waals surface area contributed by atoms with E-state index in [1.807, 2.05) is 17.2 Å². The molecule has 118 valence electrons. The fraction of sp³-hybridized carbons (Fsp3) is 0.692. The first-order chi connectivity index (χ1) is 10.1. The van der Waals surface area contributed by atoms with Crippen molar-refractivity contribution in [1.29, 1.82) is 0 Å². The molecular weight excluding hydrogens is 294 g/mol. The van der Waals surface area contributed by atoms with Crippen molar-refractivity contribution < 1.29 is 19.7 Å². The molecule has 21 heavy (non-hydrogen) atoms. The minimum atomic E-state index is -0.881. The lowest BCUT2D eigenvalue weighted by Gasteiger charge is -2.33. The molecule has 1 atom stereocenters. The molecule has 1 fully saturated rings. The highest BCUT2D eigenvalue weighted by atomic mass is 32.1. The lowest BCUT2D eigenvalue weighted by molar-refractivity contribution is 0.0454. The summed E-state index contributed by atoms with van der Waals surface area (Å²) >= 11 is 1.55. The van der Waals surface area contributed by atoms with E-state index in [9.17, 15) is 9.90 Å². The van der Waals surface area contributed by atoms with Crippen LogP contribution in [0.3, 0.4) is 0 Å². The van der Waals surface area contributed by atoms with Gasteiger partial charge in [-0.1, -0.05) is 6.92 Å². The molecule has 1 aliphatic heterocycles. The Labute approximate surface area is 127 Å². The molecule has 1 unspecified atom stereocenters. The van der Waals surface area contributed by atoms with Crippen LogP contribution in [0.4, 0.5) is 4.79 Å². The van der Waals surface area contributed by atoms with Gasteiger partial charge in [0.25, 0.3) is 0 Å². The van der Waals surface area contributed by atoms with Crippen LogP contribution in [-0.2, 0) is 6.42 Å². The monoisotopic (exact) mass is 315 g/mol. The molecule has 7 nitrogen and oxygen atoms in total. The molecule has 2 rings (SSSR count). The van der Waals surface area contributed by atoms with Gasteiger partial charge < -0.3 is 19.8 Å². The zero-order valence-electron chi connectivity index (χ0n) is 12.1. The van der Waals surface area contributed by atoms with E-state index >= 15 is 0 Å². The van der Waals surface area contributed by atoms with Crippen LogP contribution in [0.15, 0.2) is 5.38 Å². The van der Waals surface area contributed by atoms with Crippen LogP contribution in [0.5, 0.6) is 5.88 Å². The van der Waals surface area contributed by atoms with Gasteiger partial charge in [0.1, 0.15) is 12.7 Å². The Kier molecular flexibility index (Phi) is 5.77. The Bertz CT molecular complexity index is 460. The van der Waals surface area contributed by atoms with Gasteiger partial charge in [0.05, 0.1) is 10.4 Å². The van der Waals surface area contributed by atoms with Crippen LogP contribution in [0.2, 0.25) is 0 Å². The minimum absolute atomic E-state index is 0.200. The molecule has 0 aromatic carbocycles. The molecule has 2 heterocycles. The Hall–Kier alpha value is -1.38. The number of ether oxygens (including phenoxy) is 1. The van der Waals surface area contributed by atoms with Crippen molar-refractivity contribution in [2.45, 2.75) is 19.4 Å². The van der Waals surface area contributed by atoms with E-state index in [4.69, 9.17) is 9.84 Å². The molecule has 0 radical (unpaired) electrons. The van der Waals surface area contributed by atoms with Crippen LogP contribution in [0, 0.1) is 0 Å².